The molecule has 0 aromatic heterocycles. The third-order valence-corrected chi connectivity index (χ3v) is 7.72. The fourth-order valence-corrected chi connectivity index (χ4v) is 5.87. The lowest BCUT2D eigenvalue weighted by Crippen LogP contribution is -2.54. The van der Waals surface area contributed by atoms with Crippen LogP contribution in [0, 0.1) is 23.2 Å². The van der Waals surface area contributed by atoms with Crippen molar-refractivity contribution in [1.82, 2.24) is 0 Å². The van der Waals surface area contributed by atoms with Gasteiger partial charge < -0.3 is 16.0 Å². The maximum atomic E-state index is 14.2. The number of carbonyl (C=O) groups is 1. The first kappa shape index (κ1) is 25.9. The Kier molecular flexibility index (Phi) is 6.97. The number of nitrogens with zero attached hydrogens (tertiary/aromatic N) is 1. The number of anilines is 3. The highest BCUT2D eigenvalue weighted by molar-refractivity contribution is 6.30. The summed E-state index contributed by atoms with van der Waals surface area (Å²) in [5, 5.41) is 19.3. The topological polar surface area (TPSA) is 77.0 Å². The molecular weight excluding hydrogens is 513 g/mol. The SMILES string of the molecule is N#Cc1ccc(NC(=O)C(C2CCCCC2)C2(c3ccc(Cl)cc3)Nc3ccccc3N2)c(C(F)(F)F)c1. The lowest BCUT2D eigenvalue weighted by Gasteiger charge is -2.43. The number of hydrogen-bond acceptors (Lipinski definition) is 4. The van der Waals surface area contributed by atoms with Crippen LogP contribution in [0.25, 0.3) is 0 Å². The Hall–Kier alpha value is -3.70. The van der Waals surface area contributed by atoms with Gasteiger partial charge in [0.1, 0.15) is 5.66 Å². The van der Waals surface area contributed by atoms with Gasteiger partial charge in [0, 0.05) is 5.02 Å². The summed E-state index contributed by atoms with van der Waals surface area (Å²) in [6, 6.07) is 19.6. The molecule has 1 unspecified atom stereocenters. The Morgan fingerprint density at radius 3 is 2.21 bits per heavy atom. The molecule has 9 heteroatoms. The fraction of sp³-hybridized carbons (Fsp3) is 0.310. The summed E-state index contributed by atoms with van der Waals surface area (Å²) in [6.07, 6.45) is -0.289. The minimum absolute atomic E-state index is 0.0959. The van der Waals surface area contributed by atoms with E-state index in [4.69, 9.17) is 16.9 Å². The summed E-state index contributed by atoms with van der Waals surface area (Å²) < 4.78 is 41.8. The van der Waals surface area contributed by atoms with Crippen molar-refractivity contribution in [3.8, 4) is 6.07 Å². The summed E-state index contributed by atoms with van der Waals surface area (Å²) in [4.78, 5) is 14.2. The van der Waals surface area contributed by atoms with E-state index in [1.807, 2.05) is 36.4 Å². The first-order valence-electron chi connectivity index (χ1n) is 12.5. The molecule has 1 heterocycles. The van der Waals surface area contributed by atoms with Gasteiger partial charge in [0.05, 0.1) is 40.2 Å². The number of para-hydroxylation sites is 2. The van der Waals surface area contributed by atoms with Crippen molar-refractivity contribution >= 4 is 34.6 Å². The van der Waals surface area contributed by atoms with E-state index in [9.17, 15) is 18.0 Å². The molecule has 0 radical (unpaired) electrons. The van der Waals surface area contributed by atoms with Crippen molar-refractivity contribution in [3.05, 3.63) is 88.4 Å². The molecular formula is C29H26ClF3N4O. The molecule has 196 valence electrons. The Balaban J connectivity index is 1.62. The Morgan fingerprint density at radius 1 is 1.00 bits per heavy atom. The van der Waals surface area contributed by atoms with Crippen LogP contribution in [0.15, 0.2) is 66.7 Å². The highest BCUT2D eigenvalue weighted by atomic mass is 35.5. The Labute approximate surface area is 224 Å². The van der Waals surface area contributed by atoms with Crippen molar-refractivity contribution in [1.29, 1.82) is 5.26 Å². The van der Waals surface area contributed by atoms with Crippen molar-refractivity contribution in [2.24, 2.45) is 11.8 Å². The number of nitriles is 1. The number of rotatable bonds is 5. The van der Waals surface area contributed by atoms with Gasteiger partial charge in [-0.15, -0.1) is 0 Å². The molecule has 1 fully saturated rings. The van der Waals surface area contributed by atoms with Gasteiger partial charge >= 0.3 is 6.18 Å². The second-order valence-corrected chi connectivity index (χ2v) is 10.3. The minimum Gasteiger partial charge on any atom is -0.357 e. The van der Waals surface area contributed by atoms with Gasteiger partial charge in [-0.2, -0.15) is 18.4 Å². The summed E-state index contributed by atoms with van der Waals surface area (Å²) >= 11 is 6.19. The van der Waals surface area contributed by atoms with Gasteiger partial charge in [0.25, 0.3) is 0 Å². The maximum absolute atomic E-state index is 14.2. The zero-order chi connectivity index (χ0) is 26.9. The monoisotopic (exact) mass is 538 g/mol. The van der Waals surface area contributed by atoms with Gasteiger partial charge in [-0.3, -0.25) is 4.79 Å². The van der Waals surface area contributed by atoms with E-state index < -0.39 is 29.2 Å². The molecule has 0 bridgehead atoms. The van der Waals surface area contributed by atoms with Crippen molar-refractivity contribution in [2.45, 2.75) is 43.9 Å². The third-order valence-electron chi connectivity index (χ3n) is 7.47. The second-order valence-electron chi connectivity index (χ2n) is 9.85. The maximum Gasteiger partial charge on any atom is 0.418 e. The van der Waals surface area contributed by atoms with Gasteiger partial charge in [-0.25, -0.2) is 0 Å². The molecule has 1 saturated carbocycles. The molecule has 3 aromatic carbocycles. The molecule has 3 N–H and O–H groups in total. The van der Waals surface area contributed by atoms with E-state index in [0.29, 0.717) is 5.02 Å². The number of nitrogens with one attached hydrogen (secondary N) is 3. The quantitative estimate of drug-likeness (QED) is 0.310. The molecule has 0 saturated heterocycles. The van der Waals surface area contributed by atoms with Crippen LogP contribution in [0.5, 0.6) is 0 Å². The van der Waals surface area contributed by atoms with Crippen LogP contribution in [0.1, 0.15) is 48.8 Å². The number of fused-ring (bicyclic) bond motifs is 1. The second kappa shape index (κ2) is 10.2. The number of amides is 1. The molecule has 0 spiro atoms. The minimum atomic E-state index is -4.75. The zero-order valence-electron chi connectivity index (χ0n) is 20.4. The van der Waals surface area contributed by atoms with Crippen molar-refractivity contribution in [2.75, 3.05) is 16.0 Å². The summed E-state index contributed by atoms with van der Waals surface area (Å²) in [5.74, 6) is -1.40. The van der Waals surface area contributed by atoms with Crippen LogP contribution in [0.3, 0.4) is 0 Å². The highest BCUT2D eigenvalue weighted by Crippen LogP contribution is 2.49. The summed E-state index contributed by atoms with van der Waals surface area (Å²) in [6.45, 7) is 0. The number of benzene rings is 3. The lowest BCUT2D eigenvalue weighted by molar-refractivity contribution is -0.137. The van der Waals surface area contributed by atoms with E-state index in [1.54, 1.807) is 18.2 Å². The van der Waals surface area contributed by atoms with Gasteiger partial charge in [0.2, 0.25) is 5.91 Å². The molecule has 5 nitrogen and oxygen atoms in total. The normalized spacial score (nSPS) is 17.4. The number of hydrogen-bond donors (Lipinski definition) is 3. The average Bonchev–Trinajstić information content (AvgIpc) is 3.29. The fourth-order valence-electron chi connectivity index (χ4n) is 5.75. The van der Waals surface area contributed by atoms with Gasteiger partial charge in [-0.1, -0.05) is 55.1 Å². The van der Waals surface area contributed by atoms with Crippen LogP contribution in [-0.2, 0) is 16.6 Å². The van der Waals surface area contributed by atoms with Crippen LogP contribution in [0.2, 0.25) is 5.02 Å². The smallest absolute Gasteiger partial charge is 0.357 e. The first-order valence-corrected chi connectivity index (χ1v) is 12.9. The largest absolute Gasteiger partial charge is 0.418 e. The van der Waals surface area contributed by atoms with E-state index >= 15 is 0 Å². The predicted molar refractivity (Wildman–Crippen MR) is 142 cm³/mol. The number of carbonyl (C=O) groups excluding carboxylic acids is 1. The molecule has 1 aliphatic carbocycles. The van der Waals surface area contributed by atoms with E-state index in [-0.39, 0.29) is 17.2 Å². The lowest BCUT2D eigenvalue weighted by atomic mass is 9.71. The van der Waals surface area contributed by atoms with Crippen molar-refractivity contribution < 1.29 is 18.0 Å². The van der Waals surface area contributed by atoms with Gasteiger partial charge in [-0.05, 0) is 66.8 Å². The van der Waals surface area contributed by atoms with Gasteiger partial charge in [0.15, 0.2) is 0 Å². The number of halogens is 4. The molecule has 1 atom stereocenters. The number of alkyl halides is 3. The Morgan fingerprint density at radius 2 is 1.63 bits per heavy atom. The molecule has 5 rings (SSSR count). The predicted octanol–water partition coefficient (Wildman–Crippen LogP) is 7.76. The molecule has 38 heavy (non-hydrogen) atoms. The van der Waals surface area contributed by atoms with Crippen LogP contribution in [0.4, 0.5) is 30.2 Å². The summed E-state index contributed by atoms with van der Waals surface area (Å²) in [7, 11) is 0. The van der Waals surface area contributed by atoms with Crippen LogP contribution < -0.4 is 16.0 Å². The van der Waals surface area contributed by atoms with Crippen molar-refractivity contribution in [3.63, 3.8) is 0 Å². The standard InChI is InChI=1S/C29H26ClF3N4O/c30-21-13-11-20(12-14-21)28(36-24-8-4-5-9-25(24)37-28)26(19-6-2-1-3-7-19)27(38)35-23-15-10-18(17-34)16-22(23)29(31,32)33/h4-5,8-16,19,26,36-37H,1-3,6-7H2,(H,35,38). The summed E-state index contributed by atoms with van der Waals surface area (Å²) in [5.41, 5.74) is -0.333. The van der Waals surface area contributed by atoms with Crippen LogP contribution >= 0.6 is 11.6 Å². The molecule has 1 amide bonds. The molecule has 2 aliphatic rings. The highest BCUT2D eigenvalue weighted by Gasteiger charge is 2.52. The van der Waals surface area contributed by atoms with E-state index in [0.717, 1.165) is 61.2 Å². The van der Waals surface area contributed by atoms with Crippen LogP contribution in [-0.4, -0.2) is 5.91 Å². The van der Waals surface area contributed by atoms with E-state index in [2.05, 4.69) is 16.0 Å². The average molecular weight is 539 g/mol. The molecule has 3 aromatic rings. The third kappa shape index (κ3) is 4.91. The molecule has 1 aliphatic heterocycles. The Bertz CT molecular complexity index is 1350. The van der Waals surface area contributed by atoms with E-state index in [1.165, 1.54) is 6.07 Å². The first-order chi connectivity index (χ1) is 18.2. The zero-order valence-corrected chi connectivity index (χ0v) is 21.2.